The standard InChI is InChI=1S/C33H46N2O5S2/c1-23-9-7-8-12-28(23)30-20-25(13-16-29(30)32(36)34-31(33(37)38)17-18-42(3,39)40)21-35-26(14-15-27(35)22-41-2)19-24-10-5-4-6-11-24/h7-9,12-13,16,20,24,26-27,31H,4-6,10-11,14-15,17-19,21-22H2,1-3H3,(H,34,36)(H,37,38)/t26?,27-,31?/m1/s1. The van der Waals surface area contributed by atoms with Gasteiger partial charge in [-0.3, -0.25) is 9.69 Å². The Morgan fingerprint density at radius 3 is 2.40 bits per heavy atom. The minimum atomic E-state index is -3.37. The fourth-order valence-electron chi connectivity index (χ4n) is 6.73. The molecule has 1 saturated carbocycles. The molecule has 1 aliphatic carbocycles. The first-order chi connectivity index (χ1) is 20.1. The molecule has 1 aliphatic heterocycles. The van der Waals surface area contributed by atoms with Crippen LogP contribution in [0.3, 0.4) is 0 Å². The second-order valence-electron chi connectivity index (χ2n) is 12.2. The van der Waals surface area contributed by atoms with E-state index >= 15 is 0 Å². The molecule has 0 bridgehead atoms. The van der Waals surface area contributed by atoms with E-state index in [1.54, 1.807) is 6.07 Å². The summed E-state index contributed by atoms with van der Waals surface area (Å²) in [6.45, 7) is 2.82. The van der Waals surface area contributed by atoms with Crippen LogP contribution in [0, 0.1) is 12.8 Å². The highest BCUT2D eigenvalue weighted by atomic mass is 32.2. The quantitative estimate of drug-likeness (QED) is 0.288. The zero-order valence-corrected chi connectivity index (χ0v) is 26.8. The van der Waals surface area contributed by atoms with Gasteiger partial charge in [0.1, 0.15) is 15.9 Å². The number of hydrogen-bond donors (Lipinski definition) is 2. The molecule has 9 heteroatoms. The van der Waals surface area contributed by atoms with Gasteiger partial charge in [0.2, 0.25) is 0 Å². The molecule has 2 N–H and O–H groups in total. The Hall–Kier alpha value is -2.36. The van der Waals surface area contributed by atoms with Crippen LogP contribution in [-0.4, -0.2) is 72.4 Å². The zero-order chi connectivity index (χ0) is 30.3. The van der Waals surface area contributed by atoms with Crippen LogP contribution in [0.1, 0.15) is 79.3 Å². The molecule has 42 heavy (non-hydrogen) atoms. The number of carboxylic acids is 1. The predicted octanol–water partition coefficient (Wildman–Crippen LogP) is 5.95. The van der Waals surface area contributed by atoms with E-state index < -0.39 is 27.8 Å². The summed E-state index contributed by atoms with van der Waals surface area (Å²) in [5.74, 6) is -0.159. The van der Waals surface area contributed by atoms with Crippen molar-refractivity contribution in [1.82, 2.24) is 10.2 Å². The second kappa shape index (κ2) is 14.9. The molecule has 2 aromatic carbocycles. The average molecular weight is 615 g/mol. The van der Waals surface area contributed by atoms with Crippen molar-refractivity contribution in [2.24, 2.45) is 5.92 Å². The molecule has 1 saturated heterocycles. The molecule has 0 spiro atoms. The van der Waals surface area contributed by atoms with Gasteiger partial charge in [0.05, 0.1) is 5.75 Å². The molecular formula is C33H46N2O5S2. The van der Waals surface area contributed by atoms with Crippen molar-refractivity contribution in [2.75, 3.05) is 24.0 Å². The number of sulfone groups is 1. The molecule has 230 valence electrons. The highest BCUT2D eigenvalue weighted by Crippen LogP contribution is 2.37. The first-order valence-corrected chi connectivity index (χ1v) is 18.7. The molecule has 3 atom stereocenters. The number of carboxylic acid groups (broad SMARTS) is 1. The van der Waals surface area contributed by atoms with E-state index in [4.69, 9.17) is 0 Å². The summed E-state index contributed by atoms with van der Waals surface area (Å²) in [6, 6.07) is 13.6. The van der Waals surface area contributed by atoms with E-state index in [9.17, 15) is 23.1 Å². The fourth-order valence-corrected chi connectivity index (χ4v) is 8.13. The Balaban J connectivity index is 1.62. The molecule has 1 amide bonds. The molecular weight excluding hydrogens is 569 g/mol. The van der Waals surface area contributed by atoms with Crippen LogP contribution in [0.5, 0.6) is 0 Å². The van der Waals surface area contributed by atoms with Crippen LogP contribution in [0.15, 0.2) is 42.5 Å². The molecule has 1 heterocycles. The van der Waals surface area contributed by atoms with Crippen LogP contribution in [-0.2, 0) is 21.2 Å². The smallest absolute Gasteiger partial charge is 0.326 e. The number of thioether (sulfide) groups is 1. The first kappa shape index (κ1) is 32.6. The Kier molecular flexibility index (Phi) is 11.5. The topological polar surface area (TPSA) is 104 Å². The summed E-state index contributed by atoms with van der Waals surface area (Å²) < 4.78 is 23.3. The summed E-state index contributed by atoms with van der Waals surface area (Å²) in [7, 11) is -3.37. The van der Waals surface area contributed by atoms with Gasteiger partial charge in [0.15, 0.2) is 0 Å². The van der Waals surface area contributed by atoms with Crippen molar-refractivity contribution >= 4 is 33.5 Å². The number of carbonyl (C=O) groups is 2. The van der Waals surface area contributed by atoms with Crippen LogP contribution in [0.2, 0.25) is 0 Å². The summed E-state index contributed by atoms with van der Waals surface area (Å²) in [5, 5.41) is 12.3. The van der Waals surface area contributed by atoms with Crippen molar-refractivity contribution in [1.29, 1.82) is 0 Å². The lowest BCUT2D eigenvalue weighted by molar-refractivity contribution is -0.139. The van der Waals surface area contributed by atoms with Crippen molar-refractivity contribution in [3.05, 3.63) is 59.2 Å². The molecule has 0 aromatic heterocycles. The highest BCUT2D eigenvalue weighted by Gasteiger charge is 2.35. The van der Waals surface area contributed by atoms with Gasteiger partial charge in [0, 0.05) is 36.2 Å². The third-order valence-electron chi connectivity index (χ3n) is 8.97. The van der Waals surface area contributed by atoms with Crippen LogP contribution < -0.4 is 5.32 Å². The van der Waals surface area contributed by atoms with Gasteiger partial charge < -0.3 is 10.4 Å². The Morgan fingerprint density at radius 1 is 1.02 bits per heavy atom. The predicted molar refractivity (Wildman–Crippen MR) is 172 cm³/mol. The van der Waals surface area contributed by atoms with Crippen LogP contribution in [0.25, 0.3) is 11.1 Å². The number of aryl methyl sites for hydroxylation is 1. The van der Waals surface area contributed by atoms with Crippen molar-refractivity contribution in [3.8, 4) is 11.1 Å². The molecule has 4 rings (SSSR count). The lowest BCUT2D eigenvalue weighted by atomic mass is 9.84. The number of aliphatic carboxylic acids is 1. The Bertz CT molecular complexity index is 1340. The van der Waals surface area contributed by atoms with E-state index in [2.05, 4.69) is 22.5 Å². The maximum Gasteiger partial charge on any atom is 0.326 e. The van der Waals surface area contributed by atoms with E-state index in [0.717, 1.165) is 46.7 Å². The first-order valence-electron chi connectivity index (χ1n) is 15.2. The Labute approximate surface area is 255 Å². The third-order valence-corrected chi connectivity index (χ3v) is 10.7. The number of nitrogens with zero attached hydrogens (tertiary/aromatic N) is 1. The van der Waals surface area contributed by atoms with Gasteiger partial charge in [-0.25, -0.2) is 13.2 Å². The summed E-state index contributed by atoms with van der Waals surface area (Å²) in [6.07, 6.45) is 13.5. The summed E-state index contributed by atoms with van der Waals surface area (Å²) in [5.41, 5.74) is 4.23. The van der Waals surface area contributed by atoms with Gasteiger partial charge in [-0.1, -0.05) is 62.4 Å². The van der Waals surface area contributed by atoms with Gasteiger partial charge in [-0.05, 0) is 79.2 Å². The number of amides is 1. The fraction of sp³-hybridized carbons (Fsp3) is 0.576. The van der Waals surface area contributed by atoms with Gasteiger partial charge >= 0.3 is 5.97 Å². The van der Waals surface area contributed by atoms with Gasteiger partial charge in [0.25, 0.3) is 5.91 Å². The normalized spacial score (nSPS) is 20.8. The maximum atomic E-state index is 13.5. The van der Waals surface area contributed by atoms with Crippen LogP contribution >= 0.6 is 11.8 Å². The molecule has 2 fully saturated rings. The molecule has 7 nitrogen and oxygen atoms in total. The minimum absolute atomic E-state index is 0.189. The second-order valence-corrected chi connectivity index (χ2v) is 15.4. The largest absolute Gasteiger partial charge is 0.480 e. The number of rotatable bonds is 13. The molecule has 2 aromatic rings. The van der Waals surface area contributed by atoms with Crippen LogP contribution in [0.4, 0.5) is 0 Å². The lowest BCUT2D eigenvalue weighted by Gasteiger charge is -2.33. The van der Waals surface area contributed by atoms with Crippen molar-refractivity contribution in [2.45, 2.75) is 89.4 Å². The monoisotopic (exact) mass is 614 g/mol. The van der Waals surface area contributed by atoms with Crippen molar-refractivity contribution < 1.29 is 23.1 Å². The van der Waals surface area contributed by atoms with E-state index in [1.807, 2.05) is 49.0 Å². The van der Waals surface area contributed by atoms with Gasteiger partial charge in [-0.2, -0.15) is 11.8 Å². The summed E-state index contributed by atoms with van der Waals surface area (Å²) >= 11 is 1.90. The molecule has 2 unspecified atom stereocenters. The lowest BCUT2D eigenvalue weighted by Crippen LogP contribution is -2.42. The van der Waals surface area contributed by atoms with E-state index in [1.165, 1.54) is 51.4 Å². The number of hydrogen-bond acceptors (Lipinski definition) is 6. The number of likely N-dealkylation sites (tertiary alicyclic amines) is 1. The zero-order valence-electron chi connectivity index (χ0n) is 25.2. The minimum Gasteiger partial charge on any atom is -0.480 e. The summed E-state index contributed by atoms with van der Waals surface area (Å²) in [4.78, 5) is 28.1. The number of carbonyl (C=O) groups excluding carboxylic acids is 1. The van der Waals surface area contributed by atoms with E-state index in [0.29, 0.717) is 17.6 Å². The molecule has 0 radical (unpaired) electrons. The Morgan fingerprint density at radius 2 is 1.74 bits per heavy atom. The SMILES string of the molecule is CSC[C@H]1CCC(CC2CCCCC2)N1Cc1ccc(C(=O)NC(CCS(C)(=O)=O)C(=O)O)c(-c2ccccc2C)c1. The number of benzene rings is 2. The maximum absolute atomic E-state index is 13.5. The third kappa shape index (κ3) is 8.83. The highest BCUT2D eigenvalue weighted by molar-refractivity contribution is 7.98. The van der Waals surface area contributed by atoms with Crippen molar-refractivity contribution in [3.63, 3.8) is 0 Å². The van der Waals surface area contributed by atoms with Gasteiger partial charge in [-0.15, -0.1) is 0 Å². The average Bonchev–Trinajstić information content (AvgIpc) is 3.31. The molecule has 2 aliphatic rings. The number of nitrogens with one attached hydrogen (secondary N) is 1. The van der Waals surface area contributed by atoms with E-state index in [-0.39, 0.29) is 12.2 Å².